The van der Waals surface area contributed by atoms with E-state index in [9.17, 15) is 9.59 Å². The summed E-state index contributed by atoms with van der Waals surface area (Å²) >= 11 is 1.29. The van der Waals surface area contributed by atoms with Gasteiger partial charge in [0.05, 0.1) is 22.3 Å². The van der Waals surface area contributed by atoms with Crippen LogP contribution in [-0.4, -0.2) is 30.8 Å². The molecule has 34 heavy (non-hydrogen) atoms. The molecule has 0 saturated heterocycles. The number of benzene rings is 3. The van der Waals surface area contributed by atoms with Gasteiger partial charge in [-0.3, -0.25) is 14.0 Å². The van der Waals surface area contributed by atoms with Gasteiger partial charge in [0.1, 0.15) is 0 Å². The predicted molar refractivity (Wildman–Crippen MR) is 136 cm³/mol. The Balaban J connectivity index is 1.57. The summed E-state index contributed by atoms with van der Waals surface area (Å²) in [5, 5.41) is 12.8. The van der Waals surface area contributed by atoms with E-state index < -0.39 is 0 Å². The van der Waals surface area contributed by atoms with E-state index in [1.165, 1.54) is 11.8 Å². The average Bonchev–Trinajstić information content (AvgIpc) is 3.25. The lowest BCUT2D eigenvalue weighted by atomic mass is 10.1. The number of carbonyl (C=O) groups excluding carboxylic acids is 1. The maximum Gasteiger partial charge on any atom is 0.267 e. The summed E-state index contributed by atoms with van der Waals surface area (Å²) in [4.78, 5) is 26.2. The van der Waals surface area contributed by atoms with E-state index >= 15 is 0 Å². The zero-order valence-corrected chi connectivity index (χ0v) is 19.9. The molecule has 0 unspecified atom stereocenters. The van der Waals surface area contributed by atoms with Crippen LogP contribution in [0.3, 0.4) is 0 Å². The Hall–Kier alpha value is -3.91. The van der Waals surface area contributed by atoms with Crippen LogP contribution in [0.1, 0.15) is 16.7 Å². The third-order valence-electron chi connectivity index (χ3n) is 5.83. The zero-order valence-electron chi connectivity index (χ0n) is 19.1. The fourth-order valence-electron chi connectivity index (χ4n) is 4.12. The molecule has 1 amide bonds. The average molecular weight is 470 g/mol. The van der Waals surface area contributed by atoms with Crippen molar-refractivity contribution < 1.29 is 4.79 Å². The normalized spacial score (nSPS) is 11.3. The maximum atomic E-state index is 13.4. The van der Waals surface area contributed by atoms with Crippen LogP contribution >= 0.6 is 11.8 Å². The van der Waals surface area contributed by atoms with Crippen molar-refractivity contribution in [1.29, 1.82) is 0 Å². The van der Waals surface area contributed by atoms with Gasteiger partial charge in [-0.1, -0.05) is 60.3 Å². The number of hydrogen-bond donors (Lipinski definition) is 1. The summed E-state index contributed by atoms with van der Waals surface area (Å²) in [5.74, 6) is 0.443. The molecular weight excluding hydrogens is 446 g/mol. The molecule has 0 bridgehead atoms. The Morgan fingerprint density at radius 3 is 2.32 bits per heavy atom. The highest BCUT2D eigenvalue weighted by Gasteiger charge is 2.19. The first-order valence-electron chi connectivity index (χ1n) is 10.9. The summed E-state index contributed by atoms with van der Waals surface area (Å²) in [5.41, 5.74) is 5.10. The number of amides is 1. The van der Waals surface area contributed by atoms with Gasteiger partial charge in [0, 0.05) is 5.69 Å². The van der Waals surface area contributed by atoms with Crippen molar-refractivity contribution in [2.45, 2.75) is 25.9 Å². The van der Waals surface area contributed by atoms with Crippen LogP contribution in [0.15, 0.2) is 76.7 Å². The second-order valence-electron chi connectivity index (χ2n) is 8.17. The van der Waals surface area contributed by atoms with Gasteiger partial charge in [0.25, 0.3) is 5.56 Å². The molecule has 3 aromatic carbocycles. The SMILES string of the molecule is Cc1ccccc1-n1c(=O)c2ccccc2n2c(SCC(=O)Nc3c(C)cccc3C)nnc12. The van der Waals surface area contributed by atoms with Gasteiger partial charge < -0.3 is 5.32 Å². The fraction of sp³-hybridized carbons (Fsp3) is 0.154. The van der Waals surface area contributed by atoms with Gasteiger partial charge in [-0.05, 0) is 55.7 Å². The lowest BCUT2D eigenvalue weighted by Crippen LogP contribution is -2.22. The van der Waals surface area contributed by atoms with Crippen LogP contribution in [0.4, 0.5) is 5.69 Å². The molecule has 8 heteroatoms. The van der Waals surface area contributed by atoms with E-state index in [-0.39, 0.29) is 17.2 Å². The van der Waals surface area contributed by atoms with Gasteiger partial charge in [-0.15, -0.1) is 10.2 Å². The van der Waals surface area contributed by atoms with E-state index in [0.717, 1.165) is 28.1 Å². The predicted octanol–water partition coefficient (Wildman–Crippen LogP) is 4.69. The molecular formula is C26H23N5O2S. The van der Waals surface area contributed by atoms with Gasteiger partial charge in [-0.25, -0.2) is 4.57 Å². The monoisotopic (exact) mass is 469 g/mol. The van der Waals surface area contributed by atoms with Crippen molar-refractivity contribution in [3.63, 3.8) is 0 Å². The Bertz CT molecular complexity index is 1600. The van der Waals surface area contributed by atoms with E-state index in [2.05, 4.69) is 15.5 Å². The summed E-state index contributed by atoms with van der Waals surface area (Å²) in [6, 6.07) is 21.0. The van der Waals surface area contributed by atoms with Gasteiger partial charge >= 0.3 is 0 Å². The number of anilines is 1. The van der Waals surface area contributed by atoms with Gasteiger partial charge in [-0.2, -0.15) is 0 Å². The summed E-state index contributed by atoms with van der Waals surface area (Å²) in [6.45, 7) is 5.90. The van der Waals surface area contributed by atoms with Crippen molar-refractivity contribution in [1.82, 2.24) is 19.2 Å². The minimum absolute atomic E-state index is 0.129. The van der Waals surface area contributed by atoms with Crippen LogP contribution in [0.25, 0.3) is 22.4 Å². The Kier molecular flexibility index (Phi) is 5.67. The molecule has 1 N–H and O–H groups in total. The molecule has 0 spiro atoms. The molecule has 0 aliphatic heterocycles. The topological polar surface area (TPSA) is 81.3 Å². The number of hydrogen-bond acceptors (Lipinski definition) is 5. The van der Waals surface area contributed by atoms with Crippen LogP contribution in [0.5, 0.6) is 0 Å². The van der Waals surface area contributed by atoms with Crippen molar-refractivity contribution in [3.05, 3.63) is 93.8 Å². The first-order valence-corrected chi connectivity index (χ1v) is 11.9. The van der Waals surface area contributed by atoms with E-state index in [1.807, 2.05) is 85.8 Å². The van der Waals surface area contributed by atoms with Crippen molar-refractivity contribution in [2.24, 2.45) is 0 Å². The summed E-state index contributed by atoms with van der Waals surface area (Å²) < 4.78 is 3.44. The van der Waals surface area contributed by atoms with E-state index in [1.54, 1.807) is 10.6 Å². The summed E-state index contributed by atoms with van der Waals surface area (Å²) in [6.07, 6.45) is 0. The number of nitrogens with zero attached hydrogens (tertiary/aromatic N) is 4. The Labute approximate surface area is 200 Å². The van der Waals surface area contributed by atoms with Crippen molar-refractivity contribution >= 4 is 40.0 Å². The quantitative estimate of drug-likeness (QED) is 0.378. The Morgan fingerprint density at radius 2 is 1.56 bits per heavy atom. The lowest BCUT2D eigenvalue weighted by molar-refractivity contribution is -0.113. The molecule has 5 rings (SSSR count). The number of aromatic nitrogens is 4. The first kappa shape index (κ1) is 21.9. The number of carbonyl (C=O) groups is 1. The number of fused-ring (bicyclic) bond motifs is 3. The third kappa shape index (κ3) is 3.76. The van der Waals surface area contributed by atoms with Gasteiger partial charge in [0.2, 0.25) is 11.7 Å². The minimum Gasteiger partial charge on any atom is -0.325 e. The molecule has 0 aliphatic rings. The highest BCUT2D eigenvalue weighted by Crippen LogP contribution is 2.25. The minimum atomic E-state index is -0.158. The fourth-order valence-corrected chi connectivity index (χ4v) is 4.86. The van der Waals surface area contributed by atoms with Crippen LogP contribution in [0, 0.1) is 20.8 Å². The first-order chi connectivity index (χ1) is 16.5. The maximum absolute atomic E-state index is 13.4. The van der Waals surface area contributed by atoms with Crippen LogP contribution in [-0.2, 0) is 4.79 Å². The van der Waals surface area contributed by atoms with Crippen LogP contribution in [0.2, 0.25) is 0 Å². The van der Waals surface area contributed by atoms with Gasteiger partial charge in [0.15, 0.2) is 5.16 Å². The molecule has 0 fully saturated rings. The summed E-state index contributed by atoms with van der Waals surface area (Å²) in [7, 11) is 0. The van der Waals surface area contributed by atoms with Crippen molar-refractivity contribution in [3.8, 4) is 5.69 Å². The van der Waals surface area contributed by atoms with Crippen molar-refractivity contribution in [2.75, 3.05) is 11.1 Å². The molecule has 0 saturated carbocycles. The molecule has 2 heterocycles. The molecule has 0 atom stereocenters. The highest BCUT2D eigenvalue weighted by molar-refractivity contribution is 7.99. The zero-order chi connectivity index (χ0) is 23.8. The lowest BCUT2D eigenvalue weighted by Gasteiger charge is -2.13. The number of aryl methyl sites for hydroxylation is 3. The number of rotatable bonds is 5. The van der Waals surface area contributed by atoms with E-state index in [4.69, 9.17) is 0 Å². The second kappa shape index (κ2) is 8.79. The molecule has 5 aromatic rings. The standard InChI is InChI=1S/C26H23N5O2S/c1-16-9-4-6-13-20(16)30-24(33)19-12-5-7-14-21(19)31-25(30)28-29-26(31)34-15-22(32)27-23-17(2)10-8-11-18(23)3/h4-14H,15H2,1-3H3,(H,27,32). The number of para-hydroxylation sites is 3. The second-order valence-corrected chi connectivity index (χ2v) is 9.11. The number of nitrogens with one attached hydrogen (secondary N) is 1. The molecule has 0 aliphatic carbocycles. The van der Waals surface area contributed by atoms with Crippen LogP contribution < -0.4 is 10.9 Å². The Morgan fingerprint density at radius 1 is 0.882 bits per heavy atom. The highest BCUT2D eigenvalue weighted by atomic mass is 32.2. The molecule has 170 valence electrons. The third-order valence-corrected chi connectivity index (χ3v) is 6.76. The molecule has 7 nitrogen and oxygen atoms in total. The molecule has 2 aromatic heterocycles. The largest absolute Gasteiger partial charge is 0.325 e. The van der Waals surface area contributed by atoms with E-state index in [0.29, 0.717) is 21.8 Å². The number of thioether (sulfide) groups is 1. The molecule has 0 radical (unpaired) electrons. The smallest absolute Gasteiger partial charge is 0.267 e.